The van der Waals surface area contributed by atoms with Gasteiger partial charge in [0.1, 0.15) is 11.5 Å². The highest BCUT2D eigenvalue weighted by Gasteiger charge is 2.31. The van der Waals surface area contributed by atoms with Crippen LogP contribution in [0.5, 0.6) is 11.5 Å². The standard InChI is InChI=1S/C25H35NO2/c1-4-27-23-17-22(18-24(28-5-2)25(23)21-14-15-21)19(3)26-16-10-9-13-20-11-7-6-8-12-20/h6-8,11-12,17-19,21,26H,4-5,9-10,13-16H2,1-3H3. The van der Waals surface area contributed by atoms with Crippen LogP contribution in [-0.4, -0.2) is 19.8 Å². The average Bonchev–Trinajstić information content (AvgIpc) is 3.53. The van der Waals surface area contributed by atoms with E-state index in [2.05, 4.69) is 68.6 Å². The second-order valence-electron chi connectivity index (χ2n) is 7.69. The molecule has 0 spiro atoms. The monoisotopic (exact) mass is 381 g/mol. The van der Waals surface area contributed by atoms with E-state index in [-0.39, 0.29) is 6.04 Å². The Bertz CT molecular complexity index is 698. The predicted octanol–water partition coefficient (Wildman–Crippen LogP) is 6.03. The second-order valence-corrected chi connectivity index (χ2v) is 7.69. The summed E-state index contributed by atoms with van der Waals surface area (Å²) in [7, 11) is 0. The summed E-state index contributed by atoms with van der Waals surface area (Å²) in [5.41, 5.74) is 3.95. The summed E-state index contributed by atoms with van der Waals surface area (Å²) in [4.78, 5) is 0. The first-order valence-electron chi connectivity index (χ1n) is 10.9. The van der Waals surface area contributed by atoms with Gasteiger partial charge in [-0.05, 0) is 88.6 Å². The third kappa shape index (κ3) is 5.75. The molecule has 1 atom stereocenters. The smallest absolute Gasteiger partial charge is 0.126 e. The molecule has 0 bridgehead atoms. The molecule has 2 aromatic rings. The number of hydrogen-bond acceptors (Lipinski definition) is 3. The Labute approximate surface area is 170 Å². The fourth-order valence-corrected chi connectivity index (χ4v) is 3.73. The van der Waals surface area contributed by atoms with Gasteiger partial charge in [0.25, 0.3) is 0 Å². The van der Waals surface area contributed by atoms with Gasteiger partial charge >= 0.3 is 0 Å². The lowest BCUT2D eigenvalue weighted by atomic mass is 10.0. The zero-order valence-corrected chi connectivity index (χ0v) is 17.7. The molecule has 0 heterocycles. The highest BCUT2D eigenvalue weighted by Crippen LogP contribution is 2.49. The van der Waals surface area contributed by atoms with Crippen LogP contribution in [0, 0.1) is 0 Å². The fraction of sp³-hybridized carbons (Fsp3) is 0.520. The van der Waals surface area contributed by atoms with Crippen LogP contribution in [0.3, 0.4) is 0 Å². The topological polar surface area (TPSA) is 30.5 Å². The SMILES string of the molecule is CCOc1cc(C(C)NCCCCc2ccccc2)cc(OCC)c1C1CC1. The third-order valence-electron chi connectivity index (χ3n) is 5.40. The van der Waals surface area contributed by atoms with E-state index in [9.17, 15) is 0 Å². The molecule has 152 valence electrons. The highest BCUT2D eigenvalue weighted by atomic mass is 16.5. The minimum Gasteiger partial charge on any atom is -0.493 e. The first kappa shape index (κ1) is 20.7. The maximum absolute atomic E-state index is 6.00. The number of nitrogens with one attached hydrogen (secondary N) is 1. The van der Waals surface area contributed by atoms with E-state index in [0.29, 0.717) is 19.1 Å². The largest absolute Gasteiger partial charge is 0.493 e. The summed E-state index contributed by atoms with van der Waals surface area (Å²) in [5.74, 6) is 2.64. The van der Waals surface area contributed by atoms with Crippen molar-refractivity contribution in [1.29, 1.82) is 0 Å². The molecule has 2 aromatic carbocycles. The molecule has 1 saturated carbocycles. The molecule has 0 saturated heterocycles. The molecule has 1 N–H and O–H groups in total. The lowest BCUT2D eigenvalue weighted by Crippen LogP contribution is -2.20. The van der Waals surface area contributed by atoms with Gasteiger partial charge in [-0.25, -0.2) is 0 Å². The molecule has 1 aliphatic rings. The van der Waals surface area contributed by atoms with Crippen molar-refractivity contribution < 1.29 is 9.47 Å². The number of ether oxygens (including phenoxy) is 2. The summed E-state index contributed by atoms with van der Waals surface area (Å²) in [6.07, 6.45) is 6.02. The Hall–Kier alpha value is -2.00. The molecule has 3 heteroatoms. The number of aryl methyl sites for hydroxylation is 1. The molecule has 0 amide bonds. The molecular formula is C25H35NO2. The second kappa shape index (κ2) is 10.5. The molecule has 0 radical (unpaired) electrons. The van der Waals surface area contributed by atoms with Crippen molar-refractivity contribution >= 4 is 0 Å². The van der Waals surface area contributed by atoms with Crippen molar-refractivity contribution in [2.24, 2.45) is 0 Å². The summed E-state index contributed by atoms with van der Waals surface area (Å²) in [5, 5.41) is 3.68. The first-order chi connectivity index (χ1) is 13.7. The lowest BCUT2D eigenvalue weighted by Gasteiger charge is -2.21. The number of hydrogen-bond donors (Lipinski definition) is 1. The quantitative estimate of drug-likeness (QED) is 0.455. The van der Waals surface area contributed by atoms with Gasteiger partial charge in [-0.15, -0.1) is 0 Å². The van der Waals surface area contributed by atoms with Crippen molar-refractivity contribution in [3.8, 4) is 11.5 Å². The molecule has 28 heavy (non-hydrogen) atoms. The van der Waals surface area contributed by atoms with Crippen LogP contribution in [0.15, 0.2) is 42.5 Å². The summed E-state index contributed by atoms with van der Waals surface area (Å²) < 4.78 is 12.0. The van der Waals surface area contributed by atoms with Crippen LogP contribution in [0.4, 0.5) is 0 Å². The highest BCUT2D eigenvalue weighted by molar-refractivity contribution is 5.52. The lowest BCUT2D eigenvalue weighted by molar-refractivity contribution is 0.315. The molecule has 1 aliphatic carbocycles. The van der Waals surface area contributed by atoms with Gasteiger partial charge in [0.05, 0.1) is 13.2 Å². The van der Waals surface area contributed by atoms with Crippen molar-refractivity contribution in [3.05, 3.63) is 59.2 Å². The maximum atomic E-state index is 6.00. The van der Waals surface area contributed by atoms with E-state index in [1.54, 1.807) is 0 Å². The van der Waals surface area contributed by atoms with Crippen LogP contribution in [0.2, 0.25) is 0 Å². The Balaban J connectivity index is 1.58. The average molecular weight is 382 g/mol. The van der Waals surface area contributed by atoms with Crippen molar-refractivity contribution in [2.45, 2.75) is 64.8 Å². The van der Waals surface area contributed by atoms with Crippen LogP contribution < -0.4 is 14.8 Å². The van der Waals surface area contributed by atoms with Gasteiger partial charge in [0, 0.05) is 11.6 Å². The third-order valence-corrected chi connectivity index (χ3v) is 5.40. The van der Waals surface area contributed by atoms with Gasteiger partial charge in [-0.3, -0.25) is 0 Å². The van der Waals surface area contributed by atoms with Crippen molar-refractivity contribution in [2.75, 3.05) is 19.8 Å². The van der Waals surface area contributed by atoms with E-state index in [1.165, 1.54) is 42.4 Å². The minimum atomic E-state index is 0.281. The van der Waals surface area contributed by atoms with Crippen molar-refractivity contribution in [1.82, 2.24) is 5.32 Å². The molecule has 3 rings (SSSR count). The van der Waals surface area contributed by atoms with Crippen LogP contribution >= 0.6 is 0 Å². The molecular weight excluding hydrogens is 346 g/mol. The van der Waals surface area contributed by atoms with Gasteiger partial charge in [-0.1, -0.05) is 30.3 Å². The maximum Gasteiger partial charge on any atom is 0.126 e. The number of rotatable bonds is 12. The van der Waals surface area contributed by atoms with E-state index in [4.69, 9.17) is 9.47 Å². The zero-order valence-electron chi connectivity index (χ0n) is 17.7. The van der Waals surface area contributed by atoms with Crippen LogP contribution in [-0.2, 0) is 6.42 Å². The molecule has 3 nitrogen and oxygen atoms in total. The predicted molar refractivity (Wildman–Crippen MR) is 117 cm³/mol. The number of unbranched alkanes of at least 4 members (excludes halogenated alkanes) is 1. The van der Waals surface area contributed by atoms with E-state index < -0.39 is 0 Å². The van der Waals surface area contributed by atoms with Crippen LogP contribution in [0.25, 0.3) is 0 Å². The first-order valence-corrected chi connectivity index (χ1v) is 10.9. The summed E-state index contributed by atoms with van der Waals surface area (Å²) in [6, 6.07) is 15.5. The Kier molecular flexibility index (Phi) is 7.79. The number of benzene rings is 2. The van der Waals surface area contributed by atoms with E-state index in [0.717, 1.165) is 24.5 Å². The Morgan fingerprint density at radius 3 is 2.18 bits per heavy atom. The zero-order chi connectivity index (χ0) is 19.8. The minimum absolute atomic E-state index is 0.281. The molecule has 1 unspecified atom stereocenters. The van der Waals surface area contributed by atoms with Gasteiger partial charge < -0.3 is 14.8 Å². The Morgan fingerprint density at radius 2 is 1.61 bits per heavy atom. The van der Waals surface area contributed by atoms with E-state index >= 15 is 0 Å². The summed E-state index contributed by atoms with van der Waals surface area (Å²) >= 11 is 0. The normalized spacial score (nSPS) is 14.7. The molecule has 1 fully saturated rings. The summed E-state index contributed by atoms with van der Waals surface area (Å²) in [6.45, 7) is 8.74. The van der Waals surface area contributed by atoms with Gasteiger partial charge in [0.15, 0.2) is 0 Å². The fourth-order valence-electron chi connectivity index (χ4n) is 3.73. The van der Waals surface area contributed by atoms with Crippen molar-refractivity contribution in [3.63, 3.8) is 0 Å². The van der Waals surface area contributed by atoms with E-state index in [1.807, 2.05) is 0 Å². The molecule has 0 aromatic heterocycles. The van der Waals surface area contributed by atoms with Gasteiger partial charge in [-0.2, -0.15) is 0 Å². The molecule has 0 aliphatic heterocycles. The Morgan fingerprint density at radius 1 is 0.964 bits per heavy atom. The van der Waals surface area contributed by atoms with Crippen LogP contribution in [0.1, 0.15) is 75.1 Å². The van der Waals surface area contributed by atoms with Gasteiger partial charge in [0.2, 0.25) is 0 Å².